The molecule has 120 valence electrons. The Morgan fingerprint density at radius 3 is 2.19 bits per heavy atom. The first kappa shape index (κ1) is 14.5. The van der Waals surface area contributed by atoms with Crippen molar-refractivity contribution < 1.29 is 0 Å². The summed E-state index contributed by atoms with van der Waals surface area (Å²) < 4.78 is 0. The second-order valence-corrected chi connectivity index (χ2v) is 8.20. The van der Waals surface area contributed by atoms with Crippen molar-refractivity contribution in [1.29, 1.82) is 0 Å². The van der Waals surface area contributed by atoms with Gasteiger partial charge in [0.25, 0.3) is 0 Å². The molecule has 2 saturated heterocycles. The minimum atomic E-state index is 0.517. The third-order valence-corrected chi connectivity index (χ3v) is 7.09. The smallest absolute Gasteiger partial charge is 0.0120 e. The fourth-order valence-electron chi connectivity index (χ4n) is 5.77. The molecule has 2 N–H and O–H groups in total. The molecule has 2 heterocycles. The first-order chi connectivity index (χ1) is 10.3. The predicted molar refractivity (Wildman–Crippen MR) is 87.2 cm³/mol. The molecule has 2 aliphatic carbocycles. The molecule has 3 nitrogen and oxygen atoms in total. The van der Waals surface area contributed by atoms with E-state index in [1.165, 1.54) is 84.1 Å². The lowest BCUT2D eigenvalue weighted by Gasteiger charge is -2.42. The van der Waals surface area contributed by atoms with Crippen LogP contribution in [0.3, 0.4) is 0 Å². The highest BCUT2D eigenvalue weighted by Crippen LogP contribution is 2.47. The first-order valence-electron chi connectivity index (χ1n) is 9.53. The van der Waals surface area contributed by atoms with Gasteiger partial charge in [-0.25, -0.2) is 0 Å². The van der Waals surface area contributed by atoms with Gasteiger partial charge in [0.15, 0.2) is 0 Å². The lowest BCUT2D eigenvalue weighted by Crippen LogP contribution is -2.49. The molecule has 0 aromatic carbocycles. The standard InChI is InChI=1S/C18H33N3/c19-18-15-5-4-14(12-15)17(18)13-20-10-6-16(7-11-20)21-8-2-1-3-9-21/h14-18H,1-13,19H2. The zero-order valence-electron chi connectivity index (χ0n) is 13.6. The van der Waals surface area contributed by atoms with Crippen LogP contribution in [-0.2, 0) is 0 Å². The molecule has 0 amide bonds. The van der Waals surface area contributed by atoms with Gasteiger partial charge in [-0.15, -0.1) is 0 Å². The molecule has 2 aliphatic heterocycles. The van der Waals surface area contributed by atoms with Crippen LogP contribution in [0.15, 0.2) is 0 Å². The van der Waals surface area contributed by atoms with E-state index in [1.807, 2.05) is 0 Å². The van der Waals surface area contributed by atoms with Gasteiger partial charge in [-0.2, -0.15) is 0 Å². The molecular weight excluding hydrogens is 258 g/mol. The van der Waals surface area contributed by atoms with Crippen LogP contribution in [0.1, 0.15) is 51.4 Å². The van der Waals surface area contributed by atoms with Crippen LogP contribution in [0.5, 0.6) is 0 Å². The summed E-state index contributed by atoms with van der Waals surface area (Å²) in [5, 5.41) is 0. The molecule has 0 aromatic heterocycles. The van der Waals surface area contributed by atoms with Gasteiger partial charge in [0.05, 0.1) is 0 Å². The number of nitrogens with two attached hydrogens (primary N) is 1. The van der Waals surface area contributed by atoms with Crippen LogP contribution >= 0.6 is 0 Å². The van der Waals surface area contributed by atoms with Crippen molar-refractivity contribution in [2.24, 2.45) is 23.5 Å². The highest BCUT2D eigenvalue weighted by Gasteiger charge is 2.46. The summed E-state index contributed by atoms with van der Waals surface area (Å²) in [5.41, 5.74) is 6.49. The number of rotatable bonds is 3. The van der Waals surface area contributed by atoms with Crippen LogP contribution in [0.2, 0.25) is 0 Å². The quantitative estimate of drug-likeness (QED) is 0.866. The second-order valence-electron chi connectivity index (χ2n) is 8.20. The Kier molecular flexibility index (Phi) is 4.25. The zero-order chi connectivity index (χ0) is 14.2. The van der Waals surface area contributed by atoms with Crippen molar-refractivity contribution in [3.05, 3.63) is 0 Å². The number of likely N-dealkylation sites (tertiary alicyclic amines) is 2. The lowest BCUT2D eigenvalue weighted by atomic mass is 9.84. The summed E-state index contributed by atoms with van der Waals surface area (Å²) in [6.07, 6.45) is 11.4. The van der Waals surface area contributed by atoms with Gasteiger partial charge in [0, 0.05) is 18.6 Å². The van der Waals surface area contributed by atoms with Crippen molar-refractivity contribution >= 4 is 0 Å². The zero-order valence-corrected chi connectivity index (χ0v) is 13.6. The van der Waals surface area contributed by atoms with Crippen LogP contribution in [-0.4, -0.2) is 54.6 Å². The van der Waals surface area contributed by atoms with Gasteiger partial charge < -0.3 is 15.5 Å². The number of nitrogens with zero attached hydrogens (tertiary/aromatic N) is 2. The number of hydrogen-bond donors (Lipinski definition) is 1. The third-order valence-electron chi connectivity index (χ3n) is 7.09. The van der Waals surface area contributed by atoms with Crippen molar-refractivity contribution in [2.75, 3.05) is 32.7 Å². The van der Waals surface area contributed by atoms with E-state index >= 15 is 0 Å². The number of hydrogen-bond acceptors (Lipinski definition) is 3. The van der Waals surface area contributed by atoms with E-state index in [4.69, 9.17) is 5.73 Å². The van der Waals surface area contributed by atoms with Crippen LogP contribution < -0.4 is 5.73 Å². The summed E-state index contributed by atoms with van der Waals surface area (Å²) in [6, 6.07) is 1.40. The normalized spacial score (nSPS) is 42.7. The summed E-state index contributed by atoms with van der Waals surface area (Å²) in [5.74, 6) is 2.64. The molecule has 3 heteroatoms. The Morgan fingerprint density at radius 1 is 0.810 bits per heavy atom. The minimum Gasteiger partial charge on any atom is -0.327 e. The SMILES string of the molecule is NC1C2CCC(C2)C1CN1CCC(N2CCCCC2)CC1. The summed E-state index contributed by atoms with van der Waals surface area (Å²) >= 11 is 0. The van der Waals surface area contributed by atoms with Crippen molar-refractivity contribution in [1.82, 2.24) is 9.80 Å². The highest BCUT2D eigenvalue weighted by atomic mass is 15.2. The van der Waals surface area contributed by atoms with E-state index in [9.17, 15) is 0 Å². The van der Waals surface area contributed by atoms with Crippen LogP contribution in [0.4, 0.5) is 0 Å². The highest BCUT2D eigenvalue weighted by molar-refractivity contribution is 5.00. The largest absolute Gasteiger partial charge is 0.327 e. The molecule has 0 radical (unpaired) electrons. The van der Waals surface area contributed by atoms with E-state index in [1.54, 1.807) is 0 Å². The molecule has 2 saturated carbocycles. The molecular formula is C18H33N3. The number of fused-ring (bicyclic) bond motifs is 2. The Morgan fingerprint density at radius 2 is 1.52 bits per heavy atom. The van der Waals surface area contributed by atoms with Crippen molar-refractivity contribution in [3.8, 4) is 0 Å². The lowest BCUT2D eigenvalue weighted by molar-refractivity contribution is 0.0768. The molecule has 4 aliphatic rings. The van der Waals surface area contributed by atoms with Gasteiger partial charge in [0.2, 0.25) is 0 Å². The van der Waals surface area contributed by atoms with Crippen molar-refractivity contribution in [2.45, 2.75) is 63.5 Å². The molecule has 0 aromatic rings. The fourth-order valence-corrected chi connectivity index (χ4v) is 5.77. The van der Waals surface area contributed by atoms with E-state index in [0.717, 1.165) is 23.8 Å². The van der Waals surface area contributed by atoms with Gasteiger partial charge in [-0.1, -0.05) is 6.42 Å². The van der Waals surface area contributed by atoms with E-state index < -0.39 is 0 Å². The summed E-state index contributed by atoms with van der Waals surface area (Å²) in [6.45, 7) is 6.67. The average molecular weight is 291 g/mol. The molecule has 4 fully saturated rings. The Balaban J connectivity index is 1.26. The predicted octanol–water partition coefficient (Wildman–Crippen LogP) is 2.31. The van der Waals surface area contributed by atoms with Crippen molar-refractivity contribution in [3.63, 3.8) is 0 Å². The fraction of sp³-hybridized carbons (Fsp3) is 1.00. The molecule has 4 unspecified atom stereocenters. The molecule has 0 spiro atoms. The maximum absolute atomic E-state index is 6.49. The topological polar surface area (TPSA) is 32.5 Å². The number of piperidine rings is 2. The van der Waals surface area contributed by atoms with Gasteiger partial charge >= 0.3 is 0 Å². The second kappa shape index (κ2) is 6.17. The Bertz CT molecular complexity index is 342. The van der Waals surface area contributed by atoms with E-state index in [0.29, 0.717) is 6.04 Å². The first-order valence-corrected chi connectivity index (χ1v) is 9.53. The summed E-state index contributed by atoms with van der Waals surface area (Å²) in [4.78, 5) is 5.52. The third kappa shape index (κ3) is 2.89. The molecule has 4 atom stereocenters. The van der Waals surface area contributed by atoms with Gasteiger partial charge in [0.1, 0.15) is 0 Å². The minimum absolute atomic E-state index is 0.517. The molecule has 21 heavy (non-hydrogen) atoms. The monoisotopic (exact) mass is 291 g/mol. The van der Waals surface area contributed by atoms with Gasteiger partial charge in [-0.3, -0.25) is 0 Å². The average Bonchev–Trinajstić information content (AvgIpc) is 3.12. The molecule has 2 bridgehead atoms. The van der Waals surface area contributed by atoms with Crippen LogP contribution in [0, 0.1) is 17.8 Å². The maximum atomic E-state index is 6.49. The van der Waals surface area contributed by atoms with Crippen LogP contribution in [0.25, 0.3) is 0 Å². The summed E-state index contributed by atoms with van der Waals surface area (Å²) in [7, 11) is 0. The van der Waals surface area contributed by atoms with Gasteiger partial charge in [-0.05, 0) is 88.9 Å². The Hall–Kier alpha value is -0.120. The maximum Gasteiger partial charge on any atom is 0.0120 e. The van der Waals surface area contributed by atoms with E-state index in [-0.39, 0.29) is 0 Å². The molecule has 4 rings (SSSR count). The van der Waals surface area contributed by atoms with E-state index in [2.05, 4.69) is 9.80 Å². The Labute approximate surface area is 130 Å².